The molecule has 2 bridgehead atoms. The van der Waals surface area contributed by atoms with E-state index in [0.717, 1.165) is 6.42 Å². The molecule has 1 aromatic heterocycles. The quantitative estimate of drug-likeness (QED) is 0.751. The van der Waals surface area contributed by atoms with E-state index < -0.39 is 28.6 Å². The van der Waals surface area contributed by atoms with Crippen LogP contribution in [0.4, 0.5) is 0 Å². The zero-order valence-corrected chi connectivity index (χ0v) is 17.0. The Balaban J connectivity index is 1.94. The number of ether oxygens (including phenoxy) is 2. The Bertz CT molecular complexity index is 931. The number of nitrogens with one attached hydrogen (secondary N) is 1. The summed E-state index contributed by atoms with van der Waals surface area (Å²) in [7, 11) is 0. The van der Waals surface area contributed by atoms with Gasteiger partial charge in [0.25, 0.3) is 0 Å². The molecule has 1 N–H and O–H groups in total. The van der Waals surface area contributed by atoms with E-state index in [1.54, 1.807) is 0 Å². The largest absolute Gasteiger partial charge is 0.447 e. The fourth-order valence-corrected chi connectivity index (χ4v) is 6.14. The maximum atomic E-state index is 10.4. The van der Waals surface area contributed by atoms with Crippen LogP contribution >= 0.6 is 11.3 Å². The van der Waals surface area contributed by atoms with Gasteiger partial charge in [-0.05, 0) is 35.6 Å². The van der Waals surface area contributed by atoms with E-state index in [0.29, 0.717) is 17.7 Å². The van der Waals surface area contributed by atoms with Crippen molar-refractivity contribution in [3.8, 4) is 18.2 Å². The fraction of sp³-hybridized carbons (Fsp3) is 0.619. The van der Waals surface area contributed by atoms with E-state index in [-0.39, 0.29) is 17.2 Å². The molecule has 0 aromatic carbocycles. The first-order chi connectivity index (χ1) is 13.2. The van der Waals surface area contributed by atoms with Crippen LogP contribution in [0.15, 0.2) is 17.5 Å². The van der Waals surface area contributed by atoms with E-state index in [2.05, 4.69) is 39.0 Å². The number of hydrogen-bond donors (Lipinski definition) is 1. The molecule has 1 saturated carbocycles. The van der Waals surface area contributed by atoms with E-state index in [9.17, 15) is 15.8 Å². The number of nitrogens with zero attached hydrogens (tertiary/aromatic N) is 3. The van der Waals surface area contributed by atoms with Crippen molar-refractivity contribution in [2.24, 2.45) is 28.1 Å². The second kappa shape index (κ2) is 5.80. The normalized spacial score (nSPS) is 38.4. The Morgan fingerprint density at radius 3 is 2.46 bits per heavy atom. The van der Waals surface area contributed by atoms with Gasteiger partial charge in [0.1, 0.15) is 6.10 Å². The molecule has 3 heterocycles. The molecule has 0 amide bonds. The van der Waals surface area contributed by atoms with E-state index in [1.165, 1.54) is 11.3 Å². The van der Waals surface area contributed by atoms with Crippen LogP contribution < -0.4 is 0 Å². The highest BCUT2D eigenvalue weighted by atomic mass is 32.1. The van der Waals surface area contributed by atoms with Gasteiger partial charge in [0.15, 0.2) is 5.41 Å². The molecule has 2 saturated heterocycles. The standard InChI is InChI=1S/C21H22N4O2S/c1-18(2,3)13-6-7-21-15(9-13)20(12-24,17(25)27-21)19(10-22,11-23)16(26-21)14-5-4-8-28-14/h4-5,8,13,15-16,25H,6-7,9H2,1-3H3. The second-order valence-electron chi connectivity index (χ2n) is 9.10. The molecule has 28 heavy (non-hydrogen) atoms. The Morgan fingerprint density at radius 1 is 1.21 bits per heavy atom. The third kappa shape index (κ3) is 2.05. The van der Waals surface area contributed by atoms with Gasteiger partial charge >= 0.3 is 0 Å². The SMILES string of the molecule is CC(C)(C)C1CCC23OC(=N)C(C#N)(C2C1)C(C#N)(C#N)C(c1cccs1)O3. The minimum atomic E-state index is -1.84. The molecule has 1 aliphatic carbocycles. The minimum Gasteiger partial charge on any atom is -0.447 e. The zero-order valence-electron chi connectivity index (χ0n) is 16.2. The van der Waals surface area contributed by atoms with Gasteiger partial charge in [0, 0.05) is 11.3 Å². The van der Waals surface area contributed by atoms with Crippen LogP contribution in [0.2, 0.25) is 0 Å². The van der Waals surface area contributed by atoms with Gasteiger partial charge in [-0.1, -0.05) is 26.8 Å². The number of hydrogen-bond acceptors (Lipinski definition) is 7. The van der Waals surface area contributed by atoms with Crippen molar-refractivity contribution in [1.29, 1.82) is 21.2 Å². The van der Waals surface area contributed by atoms with Crippen molar-refractivity contribution in [3.05, 3.63) is 22.4 Å². The molecule has 4 rings (SSSR count). The van der Waals surface area contributed by atoms with Gasteiger partial charge in [-0.25, -0.2) is 0 Å². The second-order valence-corrected chi connectivity index (χ2v) is 10.1. The van der Waals surface area contributed by atoms with E-state index >= 15 is 0 Å². The van der Waals surface area contributed by atoms with Gasteiger partial charge in [0.05, 0.1) is 24.1 Å². The molecular formula is C21H22N4O2S. The van der Waals surface area contributed by atoms with Gasteiger partial charge in [0.2, 0.25) is 17.1 Å². The average Bonchev–Trinajstić information content (AvgIpc) is 3.25. The first-order valence-electron chi connectivity index (χ1n) is 9.44. The summed E-state index contributed by atoms with van der Waals surface area (Å²) in [5.41, 5.74) is -3.48. The predicted molar refractivity (Wildman–Crippen MR) is 102 cm³/mol. The Morgan fingerprint density at radius 2 is 1.93 bits per heavy atom. The van der Waals surface area contributed by atoms with Gasteiger partial charge < -0.3 is 9.47 Å². The third-order valence-corrected chi connectivity index (χ3v) is 7.85. The smallest absolute Gasteiger partial charge is 0.217 e. The summed E-state index contributed by atoms with van der Waals surface area (Å²) in [5.74, 6) is -1.66. The highest BCUT2D eigenvalue weighted by Gasteiger charge is 2.81. The van der Waals surface area contributed by atoms with Crippen LogP contribution in [-0.4, -0.2) is 11.7 Å². The van der Waals surface area contributed by atoms with Gasteiger partial charge in [-0.15, -0.1) is 11.3 Å². The molecule has 5 unspecified atom stereocenters. The van der Waals surface area contributed by atoms with E-state index in [1.807, 2.05) is 17.5 Å². The molecule has 3 fully saturated rings. The summed E-state index contributed by atoms with van der Waals surface area (Å²) in [4.78, 5) is 0.705. The maximum Gasteiger partial charge on any atom is 0.217 e. The monoisotopic (exact) mass is 394 g/mol. The lowest BCUT2D eigenvalue weighted by Gasteiger charge is -2.54. The highest BCUT2D eigenvalue weighted by Crippen LogP contribution is 2.70. The lowest BCUT2D eigenvalue weighted by atomic mass is 9.50. The van der Waals surface area contributed by atoms with E-state index in [4.69, 9.17) is 14.9 Å². The average molecular weight is 395 g/mol. The van der Waals surface area contributed by atoms with Crippen molar-refractivity contribution < 1.29 is 9.47 Å². The molecule has 3 aliphatic rings. The maximum absolute atomic E-state index is 10.4. The van der Waals surface area contributed by atoms with Crippen LogP contribution in [0.25, 0.3) is 0 Å². The molecule has 7 heteroatoms. The van der Waals surface area contributed by atoms with Gasteiger partial charge in [-0.3, -0.25) is 5.41 Å². The van der Waals surface area contributed by atoms with Crippen LogP contribution in [0.1, 0.15) is 51.0 Å². The topological polar surface area (TPSA) is 114 Å². The summed E-state index contributed by atoms with van der Waals surface area (Å²) in [6.07, 6.45) is 1.05. The number of thiophene rings is 1. The molecule has 1 aromatic rings. The van der Waals surface area contributed by atoms with Crippen LogP contribution in [-0.2, 0) is 9.47 Å². The van der Waals surface area contributed by atoms with Crippen LogP contribution in [0, 0.1) is 67.5 Å². The van der Waals surface area contributed by atoms with Crippen molar-refractivity contribution in [1.82, 2.24) is 0 Å². The summed E-state index contributed by atoms with van der Waals surface area (Å²) in [6.45, 7) is 6.47. The Kier molecular flexibility index (Phi) is 3.92. The summed E-state index contributed by atoms with van der Waals surface area (Å²) in [6, 6.07) is 10.1. The summed E-state index contributed by atoms with van der Waals surface area (Å²) >= 11 is 1.38. The zero-order chi connectivity index (χ0) is 20.4. The predicted octanol–water partition coefficient (Wildman–Crippen LogP) is 4.53. The molecule has 0 spiro atoms. The van der Waals surface area contributed by atoms with Crippen molar-refractivity contribution in [2.45, 2.75) is 51.9 Å². The highest BCUT2D eigenvalue weighted by molar-refractivity contribution is 7.10. The van der Waals surface area contributed by atoms with Crippen molar-refractivity contribution in [2.75, 3.05) is 0 Å². The summed E-state index contributed by atoms with van der Waals surface area (Å²) < 4.78 is 12.4. The third-order valence-electron chi connectivity index (χ3n) is 6.94. The molecule has 144 valence electrons. The van der Waals surface area contributed by atoms with Crippen molar-refractivity contribution >= 4 is 17.2 Å². The molecular weight excluding hydrogens is 372 g/mol. The molecule has 2 aliphatic heterocycles. The fourth-order valence-electron chi connectivity index (χ4n) is 5.32. The number of rotatable bonds is 1. The van der Waals surface area contributed by atoms with Gasteiger partial charge in [-0.2, -0.15) is 15.8 Å². The van der Waals surface area contributed by atoms with Crippen LogP contribution in [0.3, 0.4) is 0 Å². The Hall–Kier alpha value is -2.40. The minimum absolute atomic E-state index is 0.00638. The molecule has 5 atom stereocenters. The Labute approximate surface area is 168 Å². The molecule has 0 radical (unpaired) electrons. The molecule has 6 nitrogen and oxygen atoms in total. The lowest BCUT2D eigenvalue weighted by Crippen LogP contribution is -2.61. The first kappa shape index (κ1) is 18.9. The number of nitriles is 3. The summed E-state index contributed by atoms with van der Waals surface area (Å²) in [5, 5.41) is 41.2. The first-order valence-corrected chi connectivity index (χ1v) is 10.3. The lowest BCUT2D eigenvalue weighted by molar-refractivity contribution is -0.300. The van der Waals surface area contributed by atoms with Crippen LogP contribution in [0.5, 0.6) is 0 Å². The van der Waals surface area contributed by atoms with Crippen molar-refractivity contribution in [3.63, 3.8) is 0 Å².